The average molecular weight is 475 g/mol. The van der Waals surface area contributed by atoms with E-state index in [1.165, 1.54) is 26.2 Å². The van der Waals surface area contributed by atoms with Crippen molar-refractivity contribution in [1.82, 2.24) is 15.1 Å². The Bertz CT molecular complexity index is 605. The molecule has 4 rings (SSSR count). The molecule has 3 aliphatic rings. The van der Waals surface area contributed by atoms with E-state index in [0.29, 0.717) is 18.4 Å². The second-order valence-corrected chi connectivity index (χ2v) is 6.37. The van der Waals surface area contributed by atoms with E-state index in [1.807, 2.05) is 25.1 Å². The lowest BCUT2D eigenvalue weighted by molar-refractivity contribution is 0.0155. The SMILES string of the molecule is CCOc1ccc(NC(=NC)NCC2CN3CCN2CC3)cc1OC.I. The summed E-state index contributed by atoms with van der Waals surface area (Å²) in [6.45, 7) is 9.36. The van der Waals surface area contributed by atoms with Gasteiger partial charge < -0.3 is 20.1 Å². The molecule has 3 fully saturated rings. The summed E-state index contributed by atoms with van der Waals surface area (Å²) in [6, 6.07) is 6.36. The molecule has 146 valence electrons. The van der Waals surface area contributed by atoms with Gasteiger partial charge in [0.05, 0.1) is 13.7 Å². The molecule has 0 spiro atoms. The molecule has 1 aromatic rings. The van der Waals surface area contributed by atoms with E-state index in [9.17, 15) is 0 Å². The standard InChI is InChI=1S/C18H29N5O2.HI/c1-4-25-16-6-5-14(11-17(16)24-3)21-18(19-2)20-12-15-13-22-7-9-23(15)10-8-22;/h5-6,11,15H,4,7-10,12-13H2,1-3H3,(H2,19,20,21);1H. The van der Waals surface area contributed by atoms with Crippen LogP contribution in [0.4, 0.5) is 5.69 Å². The second kappa shape index (κ2) is 10.2. The van der Waals surface area contributed by atoms with E-state index in [2.05, 4.69) is 25.4 Å². The van der Waals surface area contributed by atoms with Crippen molar-refractivity contribution >= 4 is 35.6 Å². The number of benzene rings is 1. The van der Waals surface area contributed by atoms with Gasteiger partial charge in [0.1, 0.15) is 0 Å². The monoisotopic (exact) mass is 475 g/mol. The molecule has 0 amide bonds. The summed E-state index contributed by atoms with van der Waals surface area (Å²) in [5, 5.41) is 6.78. The van der Waals surface area contributed by atoms with Crippen LogP contribution in [0.5, 0.6) is 11.5 Å². The molecule has 1 unspecified atom stereocenters. The quantitative estimate of drug-likeness (QED) is 0.371. The zero-order chi connectivity index (χ0) is 17.6. The first-order valence-corrected chi connectivity index (χ1v) is 8.98. The highest BCUT2D eigenvalue weighted by molar-refractivity contribution is 14.0. The first-order valence-electron chi connectivity index (χ1n) is 8.98. The fourth-order valence-electron chi connectivity index (χ4n) is 3.47. The highest BCUT2D eigenvalue weighted by Gasteiger charge is 2.31. The number of piperazine rings is 3. The van der Waals surface area contributed by atoms with Crippen molar-refractivity contribution in [2.75, 3.05) is 65.3 Å². The Morgan fingerprint density at radius 3 is 2.58 bits per heavy atom. The number of halogens is 1. The molecular formula is C18H30IN5O2. The first kappa shape index (κ1) is 21.0. The summed E-state index contributed by atoms with van der Waals surface area (Å²) in [5.74, 6) is 2.23. The third-order valence-electron chi connectivity index (χ3n) is 4.85. The van der Waals surface area contributed by atoms with Gasteiger partial charge in [-0.2, -0.15) is 0 Å². The number of fused-ring (bicyclic) bond motifs is 3. The molecule has 2 bridgehead atoms. The number of hydrogen-bond donors (Lipinski definition) is 2. The van der Waals surface area contributed by atoms with Gasteiger partial charge >= 0.3 is 0 Å². The van der Waals surface area contributed by atoms with E-state index in [1.54, 1.807) is 14.2 Å². The lowest BCUT2D eigenvalue weighted by Gasteiger charge is -2.47. The van der Waals surface area contributed by atoms with Gasteiger partial charge in [-0.25, -0.2) is 0 Å². The minimum Gasteiger partial charge on any atom is -0.493 e. The molecule has 1 aromatic carbocycles. The third-order valence-corrected chi connectivity index (χ3v) is 4.85. The van der Waals surface area contributed by atoms with Gasteiger partial charge in [-0.1, -0.05) is 0 Å². The van der Waals surface area contributed by atoms with Crippen LogP contribution in [0.2, 0.25) is 0 Å². The summed E-state index contributed by atoms with van der Waals surface area (Å²) in [6.07, 6.45) is 0. The van der Waals surface area contributed by atoms with Gasteiger partial charge in [-0.15, -0.1) is 24.0 Å². The topological polar surface area (TPSA) is 61.4 Å². The van der Waals surface area contributed by atoms with E-state index in [0.717, 1.165) is 30.5 Å². The van der Waals surface area contributed by atoms with E-state index >= 15 is 0 Å². The minimum absolute atomic E-state index is 0. The summed E-state index contributed by atoms with van der Waals surface area (Å²) in [5.41, 5.74) is 0.919. The number of anilines is 1. The van der Waals surface area contributed by atoms with Gasteiger partial charge in [0.2, 0.25) is 0 Å². The Hall–Kier alpha value is -1.26. The summed E-state index contributed by atoms with van der Waals surface area (Å²) < 4.78 is 11.0. The molecule has 8 heteroatoms. The predicted molar refractivity (Wildman–Crippen MR) is 116 cm³/mol. The zero-order valence-corrected chi connectivity index (χ0v) is 18.2. The van der Waals surface area contributed by atoms with Crippen LogP contribution < -0.4 is 20.1 Å². The molecule has 0 aliphatic carbocycles. The lowest BCUT2D eigenvalue weighted by Crippen LogP contribution is -2.63. The molecule has 26 heavy (non-hydrogen) atoms. The number of aliphatic imine (C=N–C) groups is 1. The summed E-state index contributed by atoms with van der Waals surface area (Å²) >= 11 is 0. The van der Waals surface area contributed by atoms with Crippen LogP contribution in [0.25, 0.3) is 0 Å². The van der Waals surface area contributed by atoms with Gasteiger partial charge in [-0.05, 0) is 19.1 Å². The molecular weight excluding hydrogens is 445 g/mol. The number of nitrogens with zero attached hydrogens (tertiary/aromatic N) is 3. The van der Waals surface area contributed by atoms with Crippen LogP contribution in [-0.2, 0) is 0 Å². The molecule has 3 heterocycles. The summed E-state index contributed by atoms with van der Waals surface area (Å²) in [4.78, 5) is 9.45. The van der Waals surface area contributed by atoms with Crippen molar-refractivity contribution < 1.29 is 9.47 Å². The van der Waals surface area contributed by atoms with E-state index in [4.69, 9.17) is 9.47 Å². The Morgan fingerprint density at radius 1 is 1.23 bits per heavy atom. The lowest BCUT2D eigenvalue weighted by atomic mass is 10.1. The number of ether oxygens (including phenoxy) is 2. The van der Waals surface area contributed by atoms with Crippen LogP contribution >= 0.6 is 24.0 Å². The van der Waals surface area contributed by atoms with Crippen molar-refractivity contribution in [3.8, 4) is 11.5 Å². The maximum atomic E-state index is 5.56. The van der Waals surface area contributed by atoms with Crippen molar-refractivity contribution in [3.63, 3.8) is 0 Å². The number of hydrogen-bond acceptors (Lipinski definition) is 5. The highest BCUT2D eigenvalue weighted by Crippen LogP contribution is 2.30. The Balaban J connectivity index is 0.00000243. The maximum Gasteiger partial charge on any atom is 0.195 e. The minimum atomic E-state index is 0. The van der Waals surface area contributed by atoms with Crippen molar-refractivity contribution in [2.24, 2.45) is 4.99 Å². The fraction of sp³-hybridized carbons (Fsp3) is 0.611. The van der Waals surface area contributed by atoms with Crippen LogP contribution in [0.1, 0.15) is 6.92 Å². The zero-order valence-electron chi connectivity index (χ0n) is 15.8. The molecule has 3 aliphatic heterocycles. The molecule has 2 N–H and O–H groups in total. The molecule has 1 atom stereocenters. The number of nitrogens with one attached hydrogen (secondary N) is 2. The molecule has 0 radical (unpaired) electrons. The first-order chi connectivity index (χ1) is 12.2. The molecule has 0 aromatic heterocycles. The predicted octanol–water partition coefficient (Wildman–Crippen LogP) is 1.70. The van der Waals surface area contributed by atoms with Crippen molar-refractivity contribution in [2.45, 2.75) is 13.0 Å². The Morgan fingerprint density at radius 2 is 2.00 bits per heavy atom. The largest absolute Gasteiger partial charge is 0.493 e. The number of guanidine groups is 1. The van der Waals surface area contributed by atoms with Gasteiger partial charge in [-0.3, -0.25) is 14.8 Å². The number of methoxy groups -OCH3 is 1. The molecule has 7 nitrogen and oxygen atoms in total. The van der Waals surface area contributed by atoms with Crippen molar-refractivity contribution in [3.05, 3.63) is 18.2 Å². The van der Waals surface area contributed by atoms with Crippen LogP contribution in [0.3, 0.4) is 0 Å². The highest BCUT2D eigenvalue weighted by atomic mass is 127. The number of rotatable bonds is 6. The Kier molecular flexibility index (Phi) is 8.23. The van der Waals surface area contributed by atoms with Crippen molar-refractivity contribution in [1.29, 1.82) is 0 Å². The second-order valence-electron chi connectivity index (χ2n) is 6.37. The normalized spacial score (nSPS) is 24.6. The van der Waals surface area contributed by atoms with Crippen LogP contribution in [-0.4, -0.2) is 81.8 Å². The fourth-order valence-corrected chi connectivity index (χ4v) is 3.47. The van der Waals surface area contributed by atoms with Crippen LogP contribution in [0, 0.1) is 0 Å². The van der Waals surface area contributed by atoms with E-state index in [-0.39, 0.29) is 24.0 Å². The van der Waals surface area contributed by atoms with Crippen LogP contribution in [0.15, 0.2) is 23.2 Å². The third kappa shape index (κ3) is 5.14. The smallest absolute Gasteiger partial charge is 0.195 e. The van der Waals surface area contributed by atoms with Gasteiger partial charge in [0.15, 0.2) is 17.5 Å². The van der Waals surface area contributed by atoms with Gasteiger partial charge in [0.25, 0.3) is 0 Å². The molecule has 3 saturated heterocycles. The maximum absolute atomic E-state index is 5.56. The van der Waals surface area contributed by atoms with Gasteiger partial charge in [0, 0.05) is 64.1 Å². The molecule has 0 saturated carbocycles. The summed E-state index contributed by atoms with van der Waals surface area (Å²) in [7, 11) is 3.44. The average Bonchev–Trinajstić information content (AvgIpc) is 2.67. The van der Waals surface area contributed by atoms with E-state index < -0.39 is 0 Å². The Labute approximate surface area is 173 Å².